The molecule has 0 fully saturated rings. The van der Waals surface area contributed by atoms with Crippen LogP contribution in [-0.2, 0) is 0 Å². The van der Waals surface area contributed by atoms with E-state index in [-0.39, 0.29) is 0 Å². The highest BCUT2D eigenvalue weighted by atomic mass is 32.1. The molecule has 0 saturated heterocycles. The summed E-state index contributed by atoms with van der Waals surface area (Å²) in [6.07, 6.45) is 3.61. The van der Waals surface area contributed by atoms with Crippen LogP contribution in [0.2, 0.25) is 0 Å². The molecule has 5 rings (SSSR count). The molecule has 0 atom stereocenters. The number of aromatic nitrogens is 4. The third-order valence-electron chi connectivity index (χ3n) is 4.41. The van der Waals surface area contributed by atoms with Gasteiger partial charge in [-0.3, -0.25) is 9.97 Å². The van der Waals surface area contributed by atoms with Gasteiger partial charge in [-0.2, -0.15) is 0 Å². The summed E-state index contributed by atoms with van der Waals surface area (Å²) in [6.45, 7) is 4.26. The molecule has 0 radical (unpaired) electrons. The summed E-state index contributed by atoms with van der Waals surface area (Å²) < 4.78 is 2.38. The van der Waals surface area contributed by atoms with E-state index in [2.05, 4.69) is 23.8 Å². The highest BCUT2D eigenvalue weighted by Crippen LogP contribution is 2.41. The zero-order chi connectivity index (χ0) is 17.7. The van der Waals surface area contributed by atoms with Gasteiger partial charge < -0.3 is 0 Å². The molecular formula is C20H14N4S2. The number of benzene rings is 1. The molecule has 0 N–H and O–H groups in total. The fourth-order valence-corrected chi connectivity index (χ4v) is 5.27. The van der Waals surface area contributed by atoms with E-state index in [1.165, 1.54) is 20.5 Å². The maximum atomic E-state index is 4.89. The van der Waals surface area contributed by atoms with Crippen molar-refractivity contribution in [3.05, 3.63) is 59.9 Å². The lowest BCUT2D eigenvalue weighted by Crippen LogP contribution is -1.84. The summed E-state index contributed by atoms with van der Waals surface area (Å²) in [5.74, 6) is 0. The van der Waals surface area contributed by atoms with E-state index in [1.54, 1.807) is 35.1 Å². The smallest absolute Gasteiger partial charge is 0.143 e. The number of nitrogens with zero attached hydrogens (tertiary/aromatic N) is 4. The van der Waals surface area contributed by atoms with Crippen molar-refractivity contribution in [3.63, 3.8) is 0 Å². The first-order valence-corrected chi connectivity index (χ1v) is 9.88. The Labute approximate surface area is 158 Å². The number of fused-ring (bicyclic) bond motifs is 2. The van der Waals surface area contributed by atoms with Crippen molar-refractivity contribution in [2.75, 3.05) is 0 Å². The second kappa shape index (κ2) is 5.93. The molecule has 4 nitrogen and oxygen atoms in total. The summed E-state index contributed by atoms with van der Waals surface area (Å²) in [4.78, 5) is 18.7. The molecule has 0 saturated carbocycles. The fraction of sp³-hybridized carbons (Fsp3) is 0.100. The zero-order valence-corrected chi connectivity index (χ0v) is 15.9. The van der Waals surface area contributed by atoms with E-state index in [4.69, 9.17) is 9.97 Å². The third-order valence-corrected chi connectivity index (χ3v) is 6.81. The van der Waals surface area contributed by atoms with Crippen molar-refractivity contribution in [1.82, 2.24) is 19.9 Å². The molecule has 1 aromatic carbocycles. The van der Waals surface area contributed by atoms with Gasteiger partial charge in [0, 0.05) is 12.4 Å². The zero-order valence-electron chi connectivity index (χ0n) is 14.2. The van der Waals surface area contributed by atoms with Crippen molar-refractivity contribution in [1.29, 1.82) is 0 Å². The normalized spacial score (nSPS) is 11.5. The third kappa shape index (κ3) is 2.34. The van der Waals surface area contributed by atoms with Crippen LogP contribution in [0.25, 0.3) is 41.8 Å². The van der Waals surface area contributed by atoms with Gasteiger partial charge >= 0.3 is 0 Å². The van der Waals surface area contributed by atoms with Gasteiger partial charge in [-0.05, 0) is 49.2 Å². The van der Waals surface area contributed by atoms with Gasteiger partial charge in [0.25, 0.3) is 0 Å². The molecule has 0 aliphatic carbocycles. The topological polar surface area (TPSA) is 51.6 Å². The molecule has 0 aliphatic rings. The lowest BCUT2D eigenvalue weighted by molar-refractivity contribution is 1.30. The minimum Gasteiger partial charge on any atom is -0.254 e. The maximum Gasteiger partial charge on any atom is 0.143 e. The lowest BCUT2D eigenvalue weighted by Gasteiger charge is -2.00. The minimum atomic E-state index is 0.915. The predicted octanol–water partition coefficient (Wildman–Crippen LogP) is 5.65. The van der Waals surface area contributed by atoms with E-state index < -0.39 is 0 Å². The molecular weight excluding hydrogens is 360 g/mol. The maximum absolute atomic E-state index is 4.89. The first-order chi connectivity index (χ1) is 12.7. The Bertz CT molecular complexity index is 1090. The van der Waals surface area contributed by atoms with Gasteiger partial charge in [-0.15, -0.1) is 22.7 Å². The number of hydrogen-bond donors (Lipinski definition) is 0. The van der Waals surface area contributed by atoms with Crippen molar-refractivity contribution in [2.45, 2.75) is 13.8 Å². The number of thiazole rings is 2. The summed E-state index contributed by atoms with van der Waals surface area (Å²) in [6, 6.07) is 11.8. The second-order valence-electron chi connectivity index (χ2n) is 6.07. The molecule has 0 unspecified atom stereocenters. The molecule has 0 amide bonds. The Kier molecular flexibility index (Phi) is 3.55. The van der Waals surface area contributed by atoms with Crippen LogP contribution >= 0.6 is 22.7 Å². The van der Waals surface area contributed by atoms with Crippen LogP contribution < -0.4 is 0 Å². The Balaban J connectivity index is 1.76. The molecule has 0 spiro atoms. The van der Waals surface area contributed by atoms with E-state index >= 15 is 0 Å². The molecule has 6 heteroatoms. The SMILES string of the molecule is Cc1c2nc(-c3ccccn3)sc2c(C)c2nc(-c3ccccn3)sc12. The van der Waals surface area contributed by atoms with E-state index in [1.807, 2.05) is 36.4 Å². The van der Waals surface area contributed by atoms with Crippen LogP contribution in [0.5, 0.6) is 0 Å². The summed E-state index contributed by atoms with van der Waals surface area (Å²) >= 11 is 3.37. The molecule has 5 aromatic rings. The summed E-state index contributed by atoms with van der Waals surface area (Å²) in [5.41, 5.74) is 6.29. The molecule has 4 heterocycles. The Morgan fingerprint density at radius 3 is 1.50 bits per heavy atom. The van der Waals surface area contributed by atoms with Crippen LogP contribution in [0.1, 0.15) is 11.1 Å². The molecule has 0 aliphatic heterocycles. The highest BCUT2D eigenvalue weighted by molar-refractivity contribution is 7.23. The second-order valence-corrected chi connectivity index (χ2v) is 8.07. The number of pyridine rings is 2. The van der Waals surface area contributed by atoms with Crippen LogP contribution in [0, 0.1) is 13.8 Å². The van der Waals surface area contributed by atoms with Crippen LogP contribution in [0.4, 0.5) is 0 Å². The molecule has 0 bridgehead atoms. The first-order valence-electron chi connectivity index (χ1n) is 8.25. The van der Waals surface area contributed by atoms with Gasteiger partial charge in [-0.1, -0.05) is 12.1 Å². The van der Waals surface area contributed by atoms with Gasteiger partial charge in [-0.25, -0.2) is 9.97 Å². The van der Waals surface area contributed by atoms with Gasteiger partial charge in [0.15, 0.2) is 0 Å². The Morgan fingerprint density at radius 2 is 1.12 bits per heavy atom. The number of hydrogen-bond acceptors (Lipinski definition) is 6. The standard InChI is InChI=1S/C20H14N4S2/c1-11-15-18(26-19(23-15)13-7-3-5-9-21-13)12(2)16-17(11)25-20(24-16)14-8-4-6-10-22-14/h3-10H,1-2H3. The Hall–Kier alpha value is -2.70. The van der Waals surface area contributed by atoms with E-state index in [0.29, 0.717) is 0 Å². The average molecular weight is 374 g/mol. The minimum absolute atomic E-state index is 0.915. The van der Waals surface area contributed by atoms with Crippen molar-refractivity contribution >= 4 is 43.1 Å². The van der Waals surface area contributed by atoms with Gasteiger partial charge in [0.1, 0.15) is 10.0 Å². The van der Waals surface area contributed by atoms with E-state index in [0.717, 1.165) is 32.4 Å². The number of rotatable bonds is 2. The van der Waals surface area contributed by atoms with Gasteiger partial charge in [0.05, 0.1) is 31.8 Å². The highest BCUT2D eigenvalue weighted by Gasteiger charge is 2.19. The number of aryl methyl sites for hydroxylation is 2. The van der Waals surface area contributed by atoms with Crippen LogP contribution in [0.15, 0.2) is 48.8 Å². The molecule has 4 aromatic heterocycles. The van der Waals surface area contributed by atoms with Gasteiger partial charge in [0.2, 0.25) is 0 Å². The predicted molar refractivity (Wildman–Crippen MR) is 109 cm³/mol. The largest absolute Gasteiger partial charge is 0.254 e. The molecule has 26 heavy (non-hydrogen) atoms. The monoisotopic (exact) mass is 374 g/mol. The quantitative estimate of drug-likeness (QED) is 0.401. The molecule has 126 valence electrons. The fourth-order valence-electron chi connectivity index (χ4n) is 3.07. The van der Waals surface area contributed by atoms with E-state index in [9.17, 15) is 0 Å². The van der Waals surface area contributed by atoms with Crippen LogP contribution in [-0.4, -0.2) is 19.9 Å². The van der Waals surface area contributed by atoms with Crippen molar-refractivity contribution in [2.24, 2.45) is 0 Å². The summed E-state index contributed by atoms with van der Waals surface area (Å²) in [7, 11) is 0. The average Bonchev–Trinajstić information content (AvgIpc) is 3.33. The van der Waals surface area contributed by atoms with Crippen molar-refractivity contribution in [3.8, 4) is 21.4 Å². The van der Waals surface area contributed by atoms with Crippen molar-refractivity contribution < 1.29 is 0 Å². The van der Waals surface area contributed by atoms with Crippen LogP contribution in [0.3, 0.4) is 0 Å². The Morgan fingerprint density at radius 1 is 0.654 bits per heavy atom. The lowest BCUT2D eigenvalue weighted by atomic mass is 10.1. The first kappa shape index (κ1) is 15.5. The summed E-state index contributed by atoms with van der Waals surface area (Å²) in [5, 5.41) is 1.91.